The van der Waals surface area contributed by atoms with E-state index in [-0.39, 0.29) is 5.91 Å². The molecule has 1 aliphatic heterocycles. The molecule has 1 fully saturated rings. The van der Waals surface area contributed by atoms with Gasteiger partial charge < -0.3 is 9.47 Å². The molecule has 5 heteroatoms. The van der Waals surface area contributed by atoms with E-state index in [1.807, 2.05) is 23.1 Å². The Balaban J connectivity index is 1.46. The second-order valence-corrected chi connectivity index (χ2v) is 6.89. The third-order valence-corrected chi connectivity index (χ3v) is 5.25. The zero-order chi connectivity index (χ0) is 17.9. The molecule has 1 aliphatic rings. The van der Waals surface area contributed by atoms with Crippen LogP contribution in [0.2, 0.25) is 0 Å². The van der Waals surface area contributed by atoms with Crippen LogP contribution >= 0.6 is 0 Å². The Bertz CT molecular complexity index is 895. The Kier molecular flexibility index (Phi) is 4.69. The molecule has 1 aromatic carbocycles. The summed E-state index contributed by atoms with van der Waals surface area (Å²) in [6.45, 7) is 3.77. The molecule has 0 spiro atoms. The van der Waals surface area contributed by atoms with E-state index < -0.39 is 0 Å². The predicted molar refractivity (Wildman–Crippen MR) is 102 cm³/mol. The summed E-state index contributed by atoms with van der Waals surface area (Å²) >= 11 is 0. The molecule has 0 atom stereocenters. The summed E-state index contributed by atoms with van der Waals surface area (Å²) in [7, 11) is 0. The number of aryl methyl sites for hydroxylation is 1. The summed E-state index contributed by atoms with van der Waals surface area (Å²) in [5, 5.41) is 0. The number of nitrogens with zero attached hydrogens (tertiary/aromatic N) is 4. The number of likely N-dealkylation sites (tertiary alicyclic amines) is 1. The van der Waals surface area contributed by atoms with E-state index in [1.54, 1.807) is 12.4 Å². The molecule has 26 heavy (non-hydrogen) atoms. The van der Waals surface area contributed by atoms with Gasteiger partial charge in [-0.15, -0.1) is 0 Å². The molecular weight excluding hydrogens is 324 g/mol. The first-order valence-electron chi connectivity index (χ1n) is 9.38. The van der Waals surface area contributed by atoms with Gasteiger partial charge in [-0.2, -0.15) is 0 Å². The number of amides is 1. The topological polar surface area (TPSA) is 51.0 Å². The first-order valence-corrected chi connectivity index (χ1v) is 9.38. The standard InChI is InChI=1S/C21H24N4O/c1-2-20-23-18-7-3-4-8-19(18)25(20)17-9-12-24(13-10-17)21(26)14-16-6-5-11-22-15-16/h3-8,11,15,17H,2,9-10,12-14H2,1H3. The van der Waals surface area contributed by atoms with E-state index in [1.165, 1.54) is 5.52 Å². The number of hydrogen-bond donors (Lipinski definition) is 0. The number of aromatic nitrogens is 3. The van der Waals surface area contributed by atoms with Crippen LogP contribution in [-0.4, -0.2) is 38.4 Å². The van der Waals surface area contributed by atoms with Gasteiger partial charge in [0.1, 0.15) is 5.82 Å². The van der Waals surface area contributed by atoms with Crippen LogP contribution in [0.1, 0.15) is 37.2 Å². The number of carbonyl (C=O) groups excluding carboxylic acids is 1. The number of fused-ring (bicyclic) bond motifs is 1. The summed E-state index contributed by atoms with van der Waals surface area (Å²) in [4.78, 5) is 23.5. The van der Waals surface area contributed by atoms with Crippen molar-refractivity contribution in [1.29, 1.82) is 0 Å². The van der Waals surface area contributed by atoms with Crippen molar-refractivity contribution in [3.63, 3.8) is 0 Å². The maximum atomic E-state index is 12.6. The molecule has 2 aromatic heterocycles. The van der Waals surface area contributed by atoms with Gasteiger partial charge in [0.15, 0.2) is 0 Å². The van der Waals surface area contributed by atoms with E-state index >= 15 is 0 Å². The van der Waals surface area contributed by atoms with Gasteiger partial charge in [0.25, 0.3) is 0 Å². The molecule has 1 amide bonds. The van der Waals surface area contributed by atoms with E-state index in [0.717, 1.165) is 49.3 Å². The molecule has 0 N–H and O–H groups in total. The molecule has 134 valence electrons. The van der Waals surface area contributed by atoms with Gasteiger partial charge in [0.05, 0.1) is 17.5 Å². The maximum absolute atomic E-state index is 12.6. The number of pyridine rings is 1. The van der Waals surface area contributed by atoms with Gasteiger partial charge in [-0.1, -0.05) is 25.1 Å². The predicted octanol–water partition coefficient (Wildman–Crippen LogP) is 3.40. The zero-order valence-electron chi connectivity index (χ0n) is 15.1. The van der Waals surface area contributed by atoms with E-state index in [4.69, 9.17) is 4.98 Å². The van der Waals surface area contributed by atoms with Gasteiger partial charge in [0, 0.05) is 37.9 Å². The lowest BCUT2D eigenvalue weighted by atomic mass is 10.0. The van der Waals surface area contributed by atoms with Crippen LogP contribution in [0, 0.1) is 0 Å². The summed E-state index contributed by atoms with van der Waals surface area (Å²) in [6.07, 6.45) is 6.83. The number of carbonyl (C=O) groups is 1. The molecule has 0 radical (unpaired) electrons. The lowest BCUT2D eigenvalue weighted by Crippen LogP contribution is -2.40. The van der Waals surface area contributed by atoms with Crippen molar-refractivity contribution in [3.05, 3.63) is 60.2 Å². The van der Waals surface area contributed by atoms with Crippen LogP contribution in [0.3, 0.4) is 0 Å². The molecule has 0 bridgehead atoms. The quantitative estimate of drug-likeness (QED) is 0.726. The fourth-order valence-electron chi connectivity index (χ4n) is 3.91. The molecule has 3 heterocycles. The average Bonchev–Trinajstić information content (AvgIpc) is 3.07. The SMILES string of the molecule is CCc1nc2ccccc2n1C1CCN(C(=O)Cc2cccnc2)CC1. The Morgan fingerprint density at radius 3 is 2.69 bits per heavy atom. The lowest BCUT2D eigenvalue weighted by Gasteiger charge is -2.33. The summed E-state index contributed by atoms with van der Waals surface area (Å²) < 4.78 is 2.40. The van der Waals surface area contributed by atoms with Crippen LogP contribution < -0.4 is 0 Å². The average molecular weight is 348 g/mol. The van der Waals surface area contributed by atoms with E-state index in [0.29, 0.717) is 12.5 Å². The second-order valence-electron chi connectivity index (χ2n) is 6.89. The summed E-state index contributed by atoms with van der Waals surface area (Å²) in [6, 6.07) is 12.6. The van der Waals surface area contributed by atoms with Crippen molar-refractivity contribution in [2.45, 2.75) is 38.6 Å². The minimum atomic E-state index is 0.197. The van der Waals surface area contributed by atoms with Crippen LogP contribution in [0.4, 0.5) is 0 Å². The van der Waals surface area contributed by atoms with Gasteiger partial charge >= 0.3 is 0 Å². The fourth-order valence-corrected chi connectivity index (χ4v) is 3.91. The van der Waals surface area contributed by atoms with Gasteiger partial charge in [-0.3, -0.25) is 9.78 Å². The van der Waals surface area contributed by atoms with Crippen molar-refractivity contribution in [1.82, 2.24) is 19.4 Å². The van der Waals surface area contributed by atoms with Crippen molar-refractivity contribution in [2.75, 3.05) is 13.1 Å². The largest absolute Gasteiger partial charge is 0.342 e. The number of benzene rings is 1. The van der Waals surface area contributed by atoms with Crippen molar-refractivity contribution >= 4 is 16.9 Å². The number of rotatable bonds is 4. The van der Waals surface area contributed by atoms with Crippen LogP contribution in [-0.2, 0) is 17.6 Å². The summed E-state index contributed by atoms with van der Waals surface area (Å²) in [5.41, 5.74) is 3.26. The Labute approximate surface area is 153 Å². The first-order chi connectivity index (χ1) is 12.8. The molecule has 5 nitrogen and oxygen atoms in total. The highest BCUT2D eigenvalue weighted by atomic mass is 16.2. The third kappa shape index (κ3) is 3.21. The molecule has 0 aliphatic carbocycles. The van der Waals surface area contributed by atoms with Crippen molar-refractivity contribution in [3.8, 4) is 0 Å². The third-order valence-electron chi connectivity index (χ3n) is 5.25. The van der Waals surface area contributed by atoms with Gasteiger partial charge in [-0.25, -0.2) is 4.98 Å². The van der Waals surface area contributed by atoms with Crippen LogP contribution in [0.5, 0.6) is 0 Å². The molecule has 1 saturated heterocycles. The van der Waals surface area contributed by atoms with Crippen LogP contribution in [0.25, 0.3) is 11.0 Å². The number of imidazole rings is 1. The molecule has 0 unspecified atom stereocenters. The first kappa shape index (κ1) is 16.8. The highest BCUT2D eigenvalue weighted by Gasteiger charge is 2.26. The fraction of sp³-hybridized carbons (Fsp3) is 0.381. The normalized spacial score (nSPS) is 15.5. The van der Waals surface area contributed by atoms with Gasteiger partial charge in [-0.05, 0) is 36.6 Å². The van der Waals surface area contributed by atoms with Crippen molar-refractivity contribution < 1.29 is 4.79 Å². The minimum Gasteiger partial charge on any atom is -0.342 e. The highest BCUT2D eigenvalue weighted by Crippen LogP contribution is 2.29. The molecule has 0 saturated carbocycles. The monoisotopic (exact) mass is 348 g/mol. The summed E-state index contributed by atoms with van der Waals surface area (Å²) in [5.74, 6) is 1.34. The molecule has 4 rings (SSSR count). The maximum Gasteiger partial charge on any atom is 0.227 e. The zero-order valence-corrected chi connectivity index (χ0v) is 15.1. The Morgan fingerprint density at radius 2 is 1.96 bits per heavy atom. The Hall–Kier alpha value is -2.69. The smallest absolute Gasteiger partial charge is 0.227 e. The number of piperidine rings is 1. The molecule has 3 aromatic rings. The minimum absolute atomic E-state index is 0.197. The second kappa shape index (κ2) is 7.28. The number of hydrogen-bond acceptors (Lipinski definition) is 3. The molecular formula is C21H24N4O. The highest BCUT2D eigenvalue weighted by molar-refractivity contribution is 5.79. The van der Waals surface area contributed by atoms with Crippen LogP contribution in [0.15, 0.2) is 48.8 Å². The van der Waals surface area contributed by atoms with E-state index in [2.05, 4.69) is 34.7 Å². The van der Waals surface area contributed by atoms with Gasteiger partial charge in [0.2, 0.25) is 5.91 Å². The lowest BCUT2D eigenvalue weighted by molar-refractivity contribution is -0.131. The van der Waals surface area contributed by atoms with Crippen molar-refractivity contribution in [2.24, 2.45) is 0 Å². The van der Waals surface area contributed by atoms with E-state index in [9.17, 15) is 4.79 Å². The number of para-hydroxylation sites is 2. The Morgan fingerprint density at radius 1 is 1.15 bits per heavy atom.